The average Bonchev–Trinajstić information content (AvgIpc) is 2.73. The van der Waals surface area contributed by atoms with Crippen LogP contribution < -0.4 is 4.74 Å². The first-order valence-electron chi connectivity index (χ1n) is 5.39. The molecular formula is C12H15NO2. The van der Waals surface area contributed by atoms with Gasteiger partial charge < -0.3 is 4.74 Å². The molecule has 0 saturated heterocycles. The standard InChI is InChI=1S/C12H15NO2/c1-9-6-7-12(11(8-14)13-9)15-10-4-2-3-5-10/h6-8,10H,2-5H2,1H3. The van der Waals surface area contributed by atoms with E-state index >= 15 is 0 Å². The largest absolute Gasteiger partial charge is 0.488 e. The van der Waals surface area contributed by atoms with E-state index in [2.05, 4.69) is 4.98 Å². The lowest BCUT2D eigenvalue weighted by atomic mass is 10.2. The van der Waals surface area contributed by atoms with Crippen molar-refractivity contribution in [3.05, 3.63) is 23.5 Å². The Morgan fingerprint density at radius 3 is 2.80 bits per heavy atom. The summed E-state index contributed by atoms with van der Waals surface area (Å²) in [7, 11) is 0. The molecule has 0 aromatic carbocycles. The lowest BCUT2D eigenvalue weighted by Gasteiger charge is -2.14. The van der Waals surface area contributed by atoms with Crippen LogP contribution in [0.25, 0.3) is 0 Å². The van der Waals surface area contributed by atoms with Crippen LogP contribution in [0.3, 0.4) is 0 Å². The molecule has 0 amide bonds. The van der Waals surface area contributed by atoms with E-state index in [4.69, 9.17) is 4.74 Å². The summed E-state index contributed by atoms with van der Waals surface area (Å²) in [6.07, 6.45) is 5.66. The zero-order valence-electron chi connectivity index (χ0n) is 8.90. The van der Waals surface area contributed by atoms with Crippen LogP contribution in [0.15, 0.2) is 12.1 Å². The molecule has 0 bridgehead atoms. The summed E-state index contributed by atoms with van der Waals surface area (Å²) in [5, 5.41) is 0. The second-order valence-corrected chi connectivity index (χ2v) is 3.98. The molecule has 0 aliphatic heterocycles. The first-order chi connectivity index (χ1) is 7.29. The SMILES string of the molecule is Cc1ccc(OC2CCCC2)c(C=O)n1. The van der Waals surface area contributed by atoms with Crippen molar-refractivity contribution >= 4 is 6.29 Å². The van der Waals surface area contributed by atoms with E-state index in [0.717, 1.165) is 24.8 Å². The van der Waals surface area contributed by atoms with Gasteiger partial charge in [0.15, 0.2) is 6.29 Å². The molecule has 1 saturated carbocycles. The molecule has 80 valence electrons. The third-order valence-corrected chi connectivity index (χ3v) is 2.73. The van der Waals surface area contributed by atoms with Crippen LogP contribution in [-0.2, 0) is 0 Å². The number of pyridine rings is 1. The van der Waals surface area contributed by atoms with Crippen molar-refractivity contribution in [3.8, 4) is 5.75 Å². The number of aldehydes is 1. The van der Waals surface area contributed by atoms with Gasteiger partial charge >= 0.3 is 0 Å². The van der Waals surface area contributed by atoms with Gasteiger partial charge in [0.1, 0.15) is 11.4 Å². The third-order valence-electron chi connectivity index (χ3n) is 2.73. The van der Waals surface area contributed by atoms with Crippen molar-refractivity contribution in [2.45, 2.75) is 38.7 Å². The molecule has 1 aromatic rings. The molecule has 1 aliphatic rings. The summed E-state index contributed by atoms with van der Waals surface area (Å²) in [6, 6.07) is 3.71. The Hall–Kier alpha value is -1.38. The lowest BCUT2D eigenvalue weighted by molar-refractivity contribution is 0.111. The molecule has 1 aliphatic carbocycles. The number of aryl methyl sites for hydroxylation is 1. The summed E-state index contributed by atoms with van der Waals surface area (Å²) in [6.45, 7) is 1.87. The fourth-order valence-electron chi connectivity index (χ4n) is 1.93. The summed E-state index contributed by atoms with van der Waals surface area (Å²) in [5.41, 5.74) is 1.26. The summed E-state index contributed by atoms with van der Waals surface area (Å²) >= 11 is 0. The van der Waals surface area contributed by atoms with E-state index in [9.17, 15) is 4.79 Å². The summed E-state index contributed by atoms with van der Waals surface area (Å²) in [5.74, 6) is 0.627. The molecule has 1 heterocycles. The number of aromatic nitrogens is 1. The Balaban J connectivity index is 2.15. The van der Waals surface area contributed by atoms with Crippen LogP contribution in [0.2, 0.25) is 0 Å². The molecule has 3 heteroatoms. The van der Waals surface area contributed by atoms with Crippen LogP contribution in [0, 0.1) is 6.92 Å². The molecular weight excluding hydrogens is 190 g/mol. The second kappa shape index (κ2) is 4.43. The van der Waals surface area contributed by atoms with Gasteiger partial charge in [0.25, 0.3) is 0 Å². The summed E-state index contributed by atoms with van der Waals surface area (Å²) in [4.78, 5) is 15.0. The molecule has 0 spiro atoms. The molecule has 2 rings (SSSR count). The molecule has 1 fully saturated rings. The minimum atomic E-state index is 0.271. The molecule has 3 nitrogen and oxygen atoms in total. The monoisotopic (exact) mass is 205 g/mol. The van der Waals surface area contributed by atoms with E-state index in [1.165, 1.54) is 12.8 Å². The molecule has 0 unspecified atom stereocenters. The minimum absolute atomic E-state index is 0.271. The van der Waals surface area contributed by atoms with Gasteiger partial charge in [0.2, 0.25) is 0 Å². The Morgan fingerprint density at radius 1 is 1.40 bits per heavy atom. The van der Waals surface area contributed by atoms with Gasteiger partial charge in [-0.25, -0.2) is 4.98 Å². The van der Waals surface area contributed by atoms with Crippen LogP contribution in [-0.4, -0.2) is 17.4 Å². The predicted octanol–water partition coefficient (Wildman–Crippen LogP) is 2.52. The number of hydrogen-bond donors (Lipinski definition) is 0. The molecule has 0 atom stereocenters. The van der Waals surface area contributed by atoms with Crippen LogP contribution >= 0.6 is 0 Å². The highest BCUT2D eigenvalue weighted by Crippen LogP contribution is 2.25. The molecule has 1 aromatic heterocycles. The second-order valence-electron chi connectivity index (χ2n) is 3.98. The smallest absolute Gasteiger partial charge is 0.172 e. The van der Waals surface area contributed by atoms with E-state index in [-0.39, 0.29) is 6.10 Å². The van der Waals surface area contributed by atoms with Crippen molar-refractivity contribution in [2.24, 2.45) is 0 Å². The minimum Gasteiger partial charge on any atom is -0.488 e. The number of rotatable bonds is 3. The molecule has 15 heavy (non-hydrogen) atoms. The Labute approximate surface area is 89.5 Å². The van der Waals surface area contributed by atoms with Crippen LogP contribution in [0.5, 0.6) is 5.75 Å². The first kappa shape index (κ1) is 10.1. The van der Waals surface area contributed by atoms with Gasteiger partial charge in [-0.3, -0.25) is 4.79 Å². The third kappa shape index (κ3) is 2.35. The van der Waals surface area contributed by atoms with Gasteiger partial charge in [0, 0.05) is 5.69 Å². The maximum Gasteiger partial charge on any atom is 0.172 e. The lowest BCUT2D eigenvalue weighted by Crippen LogP contribution is -2.12. The fraction of sp³-hybridized carbons (Fsp3) is 0.500. The maximum atomic E-state index is 10.8. The van der Waals surface area contributed by atoms with Gasteiger partial charge in [-0.05, 0) is 44.7 Å². The number of ether oxygens (including phenoxy) is 1. The number of carbonyl (C=O) groups is 1. The Morgan fingerprint density at radius 2 is 2.13 bits per heavy atom. The van der Waals surface area contributed by atoms with Crippen molar-refractivity contribution in [2.75, 3.05) is 0 Å². The molecule has 0 N–H and O–H groups in total. The van der Waals surface area contributed by atoms with Gasteiger partial charge in [-0.15, -0.1) is 0 Å². The topological polar surface area (TPSA) is 39.2 Å². The zero-order chi connectivity index (χ0) is 10.7. The van der Waals surface area contributed by atoms with E-state index < -0.39 is 0 Å². The van der Waals surface area contributed by atoms with Crippen molar-refractivity contribution in [1.82, 2.24) is 4.98 Å². The highest BCUT2D eigenvalue weighted by Gasteiger charge is 2.18. The quantitative estimate of drug-likeness (QED) is 0.712. The van der Waals surface area contributed by atoms with Gasteiger partial charge in [-0.2, -0.15) is 0 Å². The number of hydrogen-bond acceptors (Lipinski definition) is 3. The van der Waals surface area contributed by atoms with Gasteiger partial charge in [-0.1, -0.05) is 0 Å². The maximum absolute atomic E-state index is 10.8. The normalized spacial score (nSPS) is 16.6. The van der Waals surface area contributed by atoms with Crippen molar-refractivity contribution in [1.29, 1.82) is 0 Å². The number of nitrogens with zero attached hydrogens (tertiary/aromatic N) is 1. The predicted molar refractivity (Wildman–Crippen MR) is 57.2 cm³/mol. The Kier molecular flexibility index (Phi) is 2.99. The fourth-order valence-corrected chi connectivity index (χ4v) is 1.93. The highest BCUT2D eigenvalue weighted by atomic mass is 16.5. The first-order valence-corrected chi connectivity index (χ1v) is 5.39. The van der Waals surface area contributed by atoms with Gasteiger partial charge in [0.05, 0.1) is 6.10 Å². The Bertz CT molecular complexity index is 357. The van der Waals surface area contributed by atoms with Crippen LogP contribution in [0.1, 0.15) is 41.9 Å². The van der Waals surface area contributed by atoms with Crippen molar-refractivity contribution < 1.29 is 9.53 Å². The van der Waals surface area contributed by atoms with Crippen molar-refractivity contribution in [3.63, 3.8) is 0 Å². The van der Waals surface area contributed by atoms with E-state index in [1.54, 1.807) is 0 Å². The summed E-state index contributed by atoms with van der Waals surface area (Å²) < 4.78 is 5.76. The highest BCUT2D eigenvalue weighted by molar-refractivity contribution is 5.76. The van der Waals surface area contributed by atoms with E-state index in [1.807, 2.05) is 19.1 Å². The zero-order valence-corrected chi connectivity index (χ0v) is 8.90. The van der Waals surface area contributed by atoms with E-state index in [0.29, 0.717) is 11.4 Å². The molecule has 0 radical (unpaired) electrons. The average molecular weight is 205 g/mol. The van der Waals surface area contributed by atoms with Crippen LogP contribution in [0.4, 0.5) is 0 Å². The number of carbonyl (C=O) groups excluding carboxylic acids is 1.